The summed E-state index contributed by atoms with van der Waals surface area (Å²) in [6.07, 6.45) is 1.71. The molecule has 30 heavy (non-hydrogen) atoms. The summed E-state index contributed by atoms with van der Waals surface area (Å²) in [6, 6.07) is 27.1. The van der Waals surface area contributed by atoms with Crippen LogP contribution in [0, 0.1) is 0 Å². The van der Waals surface area contributed by atoms with Crippen molar-refractivity contribution < 1.29 is 4.74 Å². The highest BCUT2D eigenvalue weighted by molar-refractivity contribution is 6.30. The summed E-state index contributed by atoms with van der Waals surface area (Å²) in [4.78, 5) is 9.24. The maximum Gasteiger partial charge on any atom is 0.244 e. The third kappa shape index (κ3) is 4.82. The Hall–Kier alpha value is -3.70. The molecule has 0 unspecified atom stereocenters. The van der Waals surface area contributed by atoms with Gasteiger partial charge in [0.1, 0.15) is 5.75 Å². The van der Waals surface area contributed by atoms with Crippen LogP contribution in [0.5, 0.6) is 5.75 Å². The zero-order valence-corrected chi connectivity index (χ0v) is 17.0. The number of hydrogen-bond donors (Lipinski definition) is 1. The Kier molecular flexibility index (Phi) is 6.01. The van der Waals surface area contributed by atoms with Crippen molar-refractivity contribution in [3.05, 3.63) is 95.5 Å². The fourth-order valence-corrected chi connectivity index (χ4v) is 3.00. The zero-order valence-electron chi connectivity index (χ0n) is 16.3. The van der Waals surface area contributed by atoms with Crippen molar-refractivity contribution in [2.75, 3.05) is 12.5 Å². The smallest absolute Gasteiger partial charge is 0.244 e. The Balaban J connectivity index is 1.64. The molecule has 0 aliphatic carbocycles. The molecule has 0 saturated carbocycles. The predicted molar refractivity (Wildman–Crippen MR) is 122 cm³/mol. The Labute approximate surface area is 180 Å². The number of methoxy groups -OCH3 is 1. The van der Waals surface area contributed by atoms with Gasteiger partial charge in [0.2, 0.25) is 5.95 Å². The molecule has 148 valence electrons. The molecule has 0 radical (unpaired) electrons. The van der Waals surface area contributed by atoms with Gasteiger partial charge in [-0.2, -0.15) is 5.10 Å². The van der Waals surface area contributed by atoms with E-state index in [0.29, 0.717) is 11.0 Å². The van der Waals surface area contributed by atoms with E-state index >= 15 is 0 Å². The number of rotatable bonds is 6. The third-order valence-corrected chi connectivity index (χ3v) is 4.68. The SMILES string of the molecule is COc1ccc(C=NNc2nc(-c3ccccc3)cc(-c3ccc(Cl)cc3)n2)cc1. The van der Waals surface area contributed by atoms with E-state index in [1.807, 2.05) is 84.9 Å². The first-order valence-electron chi connectivity index (χ1n) is 9.35. The number of anilines is 1. The molecule has 0 saturated heterocycles. The van der Waals surface area contributed by atoms with Crippen LogP contribution in [-0.4, -0.2) is 23.3 Å². The summed E-state index contributed by atoms with van der Waals surface area (Å²) in [5.74, 6) is 1.21. The van der Waals surface area contributed by atoms with Crippen LogP contribution in [0.15, 0.2) is 90.0 Å². The maximum atomic E-state index is 6.03. The molecule has 5 nitrogen and oxygen atoms in total. The van der Waals surface area contributed by atoms with Gasteiger partial charge in [-0.15, -0.1) is 0 Å². The van der Waals surface area contributed by atoms with E-state index in [2.05, 4.69) is 20.5 Å². The van der Waals surface area contributed by atoms with Crippen molar-refractivity contribution in [3.8, 4) is 28.3 Å². The van der Waals surface area contributed by atoms with Crippen LogP contribution in [0.3, 0.4) is 0 Å². The van der Waals surface area contributed by atoms with Gasteiger partial charge in [0, 0.05) is 16.1 Å². The van der Waals surface area contributed by atoms with Crippen molar-refractivity contribution in [2.45, 2.75) is 0 Å². The summed E-state index contributed by atoms with van der Waals surface area (Å²) in [7, 11) is 1.64. The number of benzene rings is 3. The van der Waals surface area contributed by atoms with Gasteiger partial charge >= 0.3 is 0 Å². The molecule has 0 fully saturated rings. The minimum atomic E-state index is 0.408. The summed E-state index contributed by atoms with van der Waals surface area (Å²) >= 11 is 6.03. The molecule has 1 heterocycles. The molecular formula is C24H19ClN4O. The largest absolute Gasteiger partial charge is 0.497 e. The van der Waals surface area contributed by atoms with E-state index < -0.39 is 0 Å². The standard InChI is InChI=1S/C24H19ClN4O/c1-30-21-13-7-17(8-14-21)16-26-29-24-27-22(18-5-3-2-4-6-18)15-23(28-24)19-9-11-20(25)12-10-19/h2-16H,1H3,(H,27,28,29). The van der Waals surface area contributed by atoms with Crippen molar-refractivity contribution in [3.63, 3.8) is 0 Å². The van der Waals surface area contributed by atoms with Gasteiger partial charge in [0.25, 0.3) is 0 Å². The van der Waals surface area contributed by atoms with Crippen molar-refractivity contribution in [1.29, 1.82) is 0 Å². The molecule has 0 spiro atoms. The van der Waals surface area contributed by atoms with Crippen LogP contribution in [0.4, 0.5) is 5.95 Å². The molecule has 0 amide bonds. The van der Waals surface area contributed by atoms with Crippen LogP contribution in [0.25, 0.3) is 22.5 Å². The van der Waals surface area contributed by atoms with Gasteiger partial charge in [-0.1, -0.05) is 54.1 Å². The molecule has 1 aromatic heterocycles. The highest BCUT2D eigenvalue weighted by Crippen LogP contribution is 2.26. The lowest BCUT2D eigenvalue weighted by atomic mass is 10.1. The second-order valence-electron chi connectivity index (χ2n) is 6.48. The van der Waals surface area contributed by atoms with E-state index in [0.717, 1.165) is 33.8 Å². The molecule has 0 aliphatic heterocycles. The average molecular weight is 415 g/mol. The van der Waals surface area contributed by atoms with E-state index in [9.17, 15) is 0 Å². The number of ether oxygens (including phenoxy) is 1. The van der Waals surface area contributed by atoms with Crippen LogP contribution in [0.1, 0.15) is 5.56 Å². The lowest BCUT2D eigenvalue weighted by Gasteiger charge is -2.08. The average Bonchev–Trinajstić information content (AvgIpc) is 2.80. The molecule has 6 heteroatoms. The summed E-state index contributed by atoms with van der Waals surface area (Å²) in [6.45, 7) is 0. The number of hydrazone groups is 1. The molecule has 4 rings (SSSR count). The van der Waals surface area contributed by atoms with E-state index in [1.165, 1.54) is 0 Å². The van der Waals surface area contributed by atoms with Gasteiger partial charge in [-0.25, -0.2) is 15.4 Å². The summed E-state index contributed by atoms with van der Waals surface area (Å²) in [5, 5.41) is 4.97. The Morgan fingerprint density at radius 2 is 1.47 bits per heavy atom. The first kappa shape index (κ1) is 19.6. The van der Waals surface area contributed by atoms with E-state index in [1.54, 1.807) is 13.3 Å². The van der Waals surface area contributed by atoms with Crippen molar-refractivity contribution in [1.82, 2.24) is 9.97 Å². The van der Waals surface area contributed by atoms with Crippen molar-refractivity contribution >= 4 is 23.8 Å². The number of halogens is 1. The number of nitrogens with zero attached hydrogens (tertiary/aromatic N) is 3. The fourth-order valence-electron chi connectivity index (χ4n) is 2.88. The first-order valence-corrected chi connectivity index (χ1v) is 9.72. The Morgan fingerprint density at radius 1 is 0.833 bits per heavy atom. The van der Waals surface area contributed by atoms with Crippen LogP contribution in [0.2, 0.25) is 5.02 Å². The second kappa shape index (κ2) is 9.20. The van der Waals surface area contributed by atoms with Gasteiger partial charge in [-0.05, 0) is 48.0 Å². The number of hydrogen-bond acceptors (Lipinski definition) is 5. The third-order valence-electron chi connectivity index (χ3n) is 4.43. The number of nitrogens with one attached hydrogen (secondary N) is 1. The van der Waals surface area contributed by atoms with Gasteiger partial charge in [-0.3, -0.25) is 0 Å². The topological polar surface area (TPSA) is 59.4 Å². The highest BCUT2D eigenvalue weighted by atomic mass is 35.5. The molecular weight excluding hydrogens is 396 g/mol. The Morgan fingerprint density at radius 3 is 2.10 bits per heavy atom. The molecule has 0 atom stereocenters. The van der Waals surface area contributed by atoms with Crippen LogP contribution in [-0.2, 0) is 0 Å². The maximum absolute atomic E-state index is 6.03. The molecule has 4 aromatic rings. The molecule has 1 N–H and O–H groups in total. The van der Waals surface area contributed by atoms with Crippen LogP contribution >= 0.6 is 11.6 Å². The normalized spacial score (nSPS) is 10.9. The quantitative estimate of drug-likeness (QED) is 0.314. The molecule has 0 aliphatic rings. The van der Waals surface area contributed by atoms with Crippen molar-refractivity contribution in [2.24, 2.45) is 5.10 Å². The van der Waals surface area contributed by atoms with E-state index in [4.69, 9.17) is 16.3 Å². The molecule has 0 bridgehead atoms. The monoisotopic (exact) mass is 414 g/mol. The van der Waals surface area contributed by atoms with Gasteiger partial charge < -0.3 is 4.74 Å². The van der Waals surface area contributed by atoms with Gasteiger partial charge in [0.15, 0.2) is 0 Å². The lowest BCUT2D eigenvalue weighted by molar-refractivity contribution is 0.415. The van der Waals surface area contributed by atoms with Gasteiger partial charge in [0.05, 0.1) is 24.7 Å². The minimum absolute atomic E-state index is 0.408. The summed E-state index contributed by atoms with van der Waals surface area (Å²) < 4.78 is 5.17. The minimum Gasteiger partial charge on any atom is -0.497 e. The first-order chi connectivity index (χ1) is 14.7. The second-order valence-corrected chi connectivity index (χ2v) is 6.91. The van der Waals surface area contributed by atoms with E-state index in [-0.39, 0.29) is 0 Å². The fraction of sp³-hybridized carbons (Fsp3) is 0.0417. The van der Waals surface area contributed by atoms with Crippen LogP contribution < -0.4 is 10.2 Å². The zero-order chi connectivity index (χ0) is 20.8. The summed E-state index contributed by atoms with van der Waals surface area (Å²) in [5.41, 5.74) is 7.40. The Bertz CT molecular complexity index is 1140. The predicted octanol–water partition coefficient (Wildman–Crippen LogP) is 5.92. The lowest BCUT2D eigenvalue weighted by Crippen LogP contribution is -2.00. The highest BCUT2D eigenvalue weighted by Gasteiger charge is 2.08. The molecule has 3 aromatic carbocycles. The number of aromatic nitrogens is 2.